The molecule has 9 nitrogen and oxygen atoms in total. The van der Waals surface area contributed by atoms with Crippen LogP contribution < -0.4 is 16.0 Å². The highest BCUT2D eigenvalue weighted by atomic mass is 19.4. The van der Waals surface area contributed by atoms with Crippen molar-refractivity contribution in [2.45, 2.75) is 12.4 Å². The highest BCUT2D eigenvalue weighted by Gasteiger charge is 2.40. The molecule has 1 aromatic heterocycles. The molecule has 1 fully saturated rings. The second-order valence-electron chi connectivity index (χ2n) is 5.61. The minimum Gasteiger partial charge on any atom is -0.372 e. The molecule has 3 rings (SSSR count). The second-order valence-corrected chi connectivity index (χ2v) is 5.61. The molecule has 2 aromatic rings. The van der Waals surface area contributed by atoms with Gasteiger partial charge in [0.15, 0.2) is 5.92 Å². The van der Waals surface area contributed by atoms with E-state index in [2.05, 4.69) is 15.5 Å². The minimum atomic E-state index is -4.58. The number of anilines is 1. The number of halogens is 3. The van der Waals surface area contributed by atoms with Crippen molar-refractivity contribution in [1.29, 1.82) is 0 Å². The number of hydrogen-bond acceptors (Lipinski definition) is 5. The molecule has 2 heterocycles. The fraction of sp³-hybridized carbons (Fsp3) is 0.200. The van der Waals surface area contributed by atoms with E-state index < -0.39 is 41.7 Å². The van der Waals surface area contributed by atoms with E-state index in [1.165, 1.54) is 24.3 Å². The molecule has 1 aromatic carbocycles. The average molecular weight is 383 g/mol. The van der Waals surface area contributed by atoms with Crippen molar-refractivity contribution in [3.05, 3.63) is 36.0 Å². The molecule has 2 atom stereocenters. The zero-order chi connectivity index (χ0) is 19.8. The third-order valence-electron chi connectivity index (χ3n) is 3.78. The van der Waals surface area contributed by atoms with Crippen molar-refractivity contribution in [1.82, 2.24) is 20.8 Å². The number of nitrogens with one attached hydrogen (secondary N) is 4. The van der Waals surface area contributed by atoms with Gasteiger partial charge in [-0.1, -0.05) is 12.1 Å². The van der Waals surface area contributed by atoms with E-state index in [0.29, 0.717) is 6.20 Å². The maximum Gasteiger partial charge on any atom is 0.420 e. The number of aliphatic hydroxyl groups is 1. The highest BCUT2D eigenvalue weighted by Crippen LogP contribution is 2.35. The van der Waals surface area contributed by atoms with Crippen molar-refractivity contribution in [2.75, 3.05) is 5.32 Å². The number of amides is 4. The molecule has 1 saturated heterocycles. The summed E-state index contributed by atoms with van der Waals surface area (Å²) in [7, 11) is 0. The second kappa shape index (κ2) is 6.72. The van der Waals surface area contributed by atoms with Crippen molar-refractivity contribution in [2.24, 2.45) is 5.92 Å². The molecule has 0 saturated carbocycles. The molecule has 1 aliphatic heterocycles. The molecule has 142 valence electrons. The lowest BCUT2D eigenvalue weighted by molar-refractivity contribution is -0.139. The first-order valence-electron chi connectivity index (χ1n) is 7.48. The molecule has 0 spiro atoms. The predicted octanol–water partition coefficient (Wildman–Crippen LogP) is 0.808. The Morgan fingerprint density at radius 2 is 1.85 bits per heavy atom. The monoisotopic (exact) mass is 383 g/mol. The zero-order valence-corrected chi connectivity index (χ0v) is 13.3. The number of H-pyrrole nitrogens is 1. The van der Waals surface area contributed by atoms with Gasteiger partial charge in [-0.15, -0.1) is 0 Å². The maximum absolute atomic E-state index is 12.9. The molecule has 12 heteroatoms. The normalized spacial score (nSPS) is 20.0. The van der Waals surface area contributed by atoms with Gasteiger partial charge >= 0.3 is 12.2 Å². The van der Waals surface area contributed by atoms with Crippen LogP contribution in [0.15, 0.2) is 30.5 Å². The van der Waals surface area contributed by atoms with Gasteiger partial charge in [0.1, 0.15) is 11.8 Å². The van der Waals surface area contributed by atoms with Crippen molar-refractivity contribution in [3.63, 3.8) is 0 Å². The fourth-order valence-corrected chi connectivity index (χ4v) is 2.51. The molecule has 1 aliphatic rings. The van der Waals surface area contributed by atoms with Gasteiger partial charge in [-0.25, -0.2) is 4.79 Å². The molecule has 0 aliphatic carbocycles. The summed E-state index contributed by atoms with van der Waals surface area (Å²) in [6.45, 7) is 0. The van der Waals surface area contributed by atoms with Gasteiger partial charge < -0.3 is 15.7 Å². The Kier molecular flexibility index (Phi) is 4.57. The van der Waals surface area contributed by atoms with Gasteiger partial charge in [-0.3, -0.25) is 20.0 Å². The largest absolute Gasteiger partial charge is 0.420 e. The number of carbonyl (C=O) groups excluding carboxylic acids is 3. The maximum atomic E-state index is 12.9. The lowest BCUT2D eigenvalue weighted by Crippen LogP contribution is -2.61. The number of imide groups is 1. The van der Waals surface area contributed by atoms with Crippen LogP contribution in [0.1, 0.15) is 5.56 Å². The summed E-state index contributed by atoms with van der Waals surface area (Å²) in [6, 6.07) is 4.34. The number of aromatic nitrogens is 2. The lowest BCUT2D eigenvalue weighted by atomic mass is 10.0. The van der Waals surface area contributed by atoms with Gasteiger partial charge in [0.05, 0.1) is 11.9 Å². The third-order valence-corrected chi connectivity index (χ3v) is 3.78. The number of hydrogen-bond donors (Lipinski definition) is 5. The third kappa shape index (κ3) is 3.74. The topological polar surface area (TPSA) is 136 Å². The Bertz CT molecular complexity index is 894. The Hall–Kier alpha value is -3.41. The summed E-state index contributed by atoms with van der Waals surface area (Å²) < 4.78 is 38.8. The number of rotatable bonds is 3. The number of aliphatic hydroxyl groups excluding tert-OH is 1. The van der Waals surface area contributed by atoms with Crippen LogP contribution in [0.25, 0.3) is 11.3 Å². The predicted molar refractivity (Wildman–Crippen MR) is 83.8 cm³/mol. The van der Waals surface area contributed by atoms with Gasteiger partial charge in [0, 0.05) is 11.3 Å². The first kappa shape index (κ1) is 18.4. The van der Waals surface area contributed by atoms with Crippen LogP contribution >= 0.6 is 0 Å². The Morgan fingerprint density at radius 1 is 1.19 bits per heavy atom. The quantitative estimate of drug-likeness (QED) is 0.500. The van der Waals surface area contributed by atoms with Crippen LogP contribution in [0.5, 0.6) is 0 Å². The standard InChI is InChI=1S/C15H12F3N5O4/c16-15(17,18)8-5-19-23-10(8)6-1-3-7(4-2-6)20-11(24)9-12(25)21-14(27)22-13(9)26/h1-5,9,12,25H,(H,19,23)(H,20,24)(H2,21,22,26,27). The summed E-state index contributed by atoms with van der Waals surface area (Å²) in [5.74, 6) is -3.45. The molecule has 5 N–H and O–H groups in total. The van der Waals surface area contributed by atoms with Crippen molar-refractivity contribution >= 4 is 23.5 Å². The van der Waals surface area contributed by atoms with E-state index in [-0.39, 0.29) is 16.9 Å². The molecule has 0 bridgehead atoms. The summed E-state index contributed by atoms with van der Waals surface area (Å²) in [6.07, 6.45) is -5.61. The number of aromatic amines is 1. The average Bonchev–Trinajstić information content (AvgIpc) is 3.04. The number of benzene rings is 1. The lowest BCUT2D eigenvalue weighted by Gasteiger charge is -2.26. The van der Waals surface area contributed by atoms with Crippen LogP contribution in [0.4, 0.5) is 23.7 Å². The zero-order valence-electron chi connectivity index (χ0n) is 13.3. The number of urea groups is 1. The minimum absolute atomic E-state index is 0.175. The smallest absolute Gasteiger partial charge is 0.372 e. The first-order chi connectivity index (χ1) is 12.7. The molecule has 0 radical (unpaired) electrons. The van der Waals surface area contributed by atoms with E-state index in [1.807, 2.05) is 10.6 Å². The van der Waals surface area contributed by atoms with Crippen LogP contribution in [0.3, 0.4) is 0 Å². The molecule has 2 unspecified atom stereocenters. The van der Waals surface area contributed by atoms with Crippen LogP contribution in [-0.2, 0) is 15.8 Å². The van der Waals surface area contributed by atoms with Crippen molar-refractivity contribution < 1.29 is 32.7 Å². The number of carbonyl (C=O) groups is 3. The first-order valence-corrected chi connectivity index (χ1v) is 7.48. The number of nitrogens with zero attached hydrogens (tertiary/aromatic N) is 1. The van der Waals surface area contributed by atoms with Gasteiger partial charge in [-0.2, -0.15) is 18.3 Å². The van der Waals surface area contributed by atoms with E-state index in [1.54, 1.807) is 0 Å². The summed E-state index contributed by atoms with van der Waals surface area (Å²) in [4.78, 5) is 34.9. The SMILES string of the molecule is O=C1NC(=O)C(C(=O)Nc2ccc(-c3[nH]ncc3C(F)(F)F)cc2)C(O)N1. The summed E-state index contributed by atoms with van der Waals surface area (Å²) in [5.41, 5.74) is -0.809. The van der Waals surface area contributed by atoms with Crippen molar-refractivity contribution in [3.8, 4) is 11.3 Å². The Morgan fingerprint density at radius 3 is 2.44 bits per heavy atom. The fourth-order valence-electron chi connectivity index (χ4n) is 2.51. The molecular weight excluding hydrogens is 371 g/mol. The Balaban J connectivity index is 1.75. The van der Waals surface area contributed by atoms with E-state index >= 15 is 0 Å². The van der Waals surface area contributed by atoms with Crippen LogP contribution in [0, 0.1) is 5.92 Å². The van der Waals surface area contributed by atoms with Gasteiger partial charge in [-0.05, 0) is 12.1 Å². The van der Waals surface area contributed by atoms with Crippen LogP contribution in [0.2, 0.25) is 0 Å². The van der Waals surface area contributed by atoms with E-state index in [4.69, 9.17) is 0 Å². The van der Waals surface area contributed by atoms with Crippen LogP contribution in [-0.4, -0.2) is 39.4 Å². The van der Waals surface area contributed by atoms with Gasteiger partial charge in [0.2, 0.25) is 11.8 Å². The molecular formula is C15H12F3N5O4. The number of alkyl halides is 3. The summed E-state index contributed by atoms with van der Waals surface area (Å²) >= 11 is 0. The van der Waals surface area contributed by atoms with Gasteiger partial charge in [0.25, 0.3) is 0 Å². The molecule has 4 amide bonds. The van der Waals surface area contributed by atoms with E-state index in [9.17, 15) is 32.7 Å². The molecule has 27 heavy (non-hydrogen) atoms. The van der Waals surface area contributed by atoms with E-state index in [0.717, 1.165) is 0 Å². The Labute approximate surface area is 148 Å². The summed E-state index contributed by atoms with van der Waals surface area (Å²) in [5, 5.41) is 21.5. The highest BCUT2D eigenvalue weighted by molar-refractivity contribution is 6.12.